The minimum Gasteiger partial charge on any atom is -0.391 e. The maximum Gasteiger partial charge on any atom is 0.270 e. The van der Waals surface area contributed by atoms with Crippen LogP contribution in [0.3, 0.4) is 0 Å². The Morgan fingerprint density at radius 3 is 2.93 bits per heavy atom. The molecule has 3 heterocycles. The number of carbonyl (C=O) groups is 1. The molecule has 1 saturated carbocycles. The second-order valence-corrected chi connectivity index (χ2v) is 7.07. The largest absolute Gasteiger partial charge is 0.391 e. The first-order valence-electron chi connectivity index (χ1n) is 9.27. The third kappa shape index (κ3) is 3.73. The summed E-state index contributed by atoms with van der Waals surface area (Å²) in [6.07, 6.45) is 7.03. The number of pyridine rings is 1. The van der Waals surface area contributed by atoms with E-state index < -0.39 is 6.10 Å². The van der Waals surface area contributed by atoms with Gasteiger partial charge < -0.3 is 10.4 Å². The van der Waals surface area contributed by atoms with Crippen LogP contribution in [0.2, 0.25) is 0 Å². The smallest absolute Gasteiger partial charge is 0.270 e. The summed E-state index contributed by atoms with van der Waals surface area (Å²) in [7, 11) is 5.78. The van der Waals surface area contributed by atoms with Gasteiger partial charge in [-0.25, -0.2) is 4.52 Å². The van der Waals surface area contributed by atoms with E-state index in [0.717, 1.165) is 42.3 Å². The second-order valence-electron chi connectivity index (χ2n) is 7.07. The molecule has 136 valence electrons. The number of hydrogen-bond acceptors (Lipinski definition) is 4. The number of fused-ring (bicyclic) bond motifs is 1. The number of amides is 1. The van der Waals surface area contributed by atoms with E-state index in [2.05, 4.69) is 15.4 Å². The van der Waals surface area contributed by atoms with Crippen LogP contribution in [-0.2, 0) is 6.42 Å². The van der Waals surface area contributed by atoms with Crippen molar-refractivity contribution in [2.45, 2.75) is 44.2 Å². The molecular formula is C20H21BN4O2. The van der Waals surface area contributed by atoms with Crippen LogP contribution < -0.4 is 10.9 Å². The Labute approximate surface area is 159 Å². The third-order valence-corrected chi connectivity index (χ3v) is 5.14. The standard InChI is InChI=1S/C20H21BN4O2/c21-19-11-13(7-9-22-19)10-14-12-17(25-16(14)5-3-8-23-25)20(27)24-15-4-1-2-6-18(15)26/h3,5,7-9,11-12,15,18,26H,1-2,4,6,10H2,(H,24,27)/t15-,18-/m0/s1. The van der Waals surface area contributed by atoms with Crippen LogP contribution in [0.4, 0.5) is 0 Å². The normalized spacial score (nSPS) is 19.9. The summed E-state index contributed by atoms with van der Waals surface area (Å²) < 4.78 is 1.66. The molecule has 0 unspecified atom stereocenters. The Bertz CT molecular complexity index is 972. The van der Waals surface area contributed by atoms with Gasteiger partial charge in [-0.05, 0) is 66.3 Å². The highest BCUT2D eigenvalue weighted by Gasteiger charge is 2.26. The Kier molecular flexibility index (Phi) is 4.94. The van der Waals surface area contributed by atoms with Crippen molar-refractivity contribution in [3.8, 4) is 0 Å². The zero-order valence-electron chi connectivity index (χ0n) is 15.0. The number of hydrogen-bond donors (Lipinski definition) is 2. The minimum atomic E-state index is -0.485. The highest BCUT2D eigenvalue weighted by molar-refractivity contribution is 6.30. The molecule has 4 rings (SSSR count). The van der Waals surface area contributed by atoms with E-state index in [1.807, 2.05) is 30.3 Å². The van der Waals surface area contributed by atoms with Gasteiger partial charge in [0.05, 0.1) is 17.7 Å². The van der Waals surface area contributed by atoms with E-state index in [1.165, 1.54) is 0 Å². The number of carbonyl (C=O) groups excluding carboxylic acids is 1. The first-order chi connectivity index (χ1) is 13.1. The Hall–Kier alpha value is -2.67. The molecule has 3 aromatic rings. The van der Waals surface area contributed by atoms with Crippen LogP contribution in [0.15, 0.2) is 42.7 Å². The summed E-state index contributed by atoms with van der Waals surface area (Å²) in [5, 5.41) is 17.5. The van der Waals surface area contributed by atoms with Crippen molar-refractivity contribution in [3.05, 3.63) is 59.5 Å². The monoisotopic (exact) mass is 360 g/mol. The first-order valence-corrected chi connectivity index (χ1v) is 9.27. The lowest BCUT2D eigenvalue weighted by atomic mass is 9.92. The van der Waals surface area contributed by atoms with Crippen LogP contribution >= 0.6 is 0 Å². The Balaban J connectivity index is 1.64. The van der Waals surface area contributed by atoms with Crippen molar-refractivity contribution < 1.29 is 9.90 Å². The predicted octanol–water partition coefficient (Wildman–Crippen LogP) is 1.15. The Morgan fingerprint density at radius 2 is 2.11 bits per heavy atom. The van der Waals surface area contributed by atoms with E-state index in [4.69, 9.17) is 7.85 Å². The van der Waals surface area contributed by atoms with Crippen LogP contribution in [0.5, 0.6) is 0 Å². The maximum absolute atomic E-state index is 12.9. The number of aromatic nitrogens is 3. The van der Waals surface area contributed by atoms with Gasteiger partial charge in [0.2, 0.25) is 0 Å². The average Bonchev–Trinajstić information content (AvgIpc) is 3.02. The van der Waals surface area contributed by atoms with Gasteiger partial charge in [-0.3, -0.25) is 9.78 Å². The molecule has 0 bridgehead atoms. The molecule has 7 heteroatoms. The lowest BCUT2D eigenvalue weighted by molar-refractivity contribution is 0.0712. The lowest BCUT2D eigenvalue weighted by Gasteiger charge is -2.28. The van der Waals surface area contributed by atoms with Crippen molar-refractivity contribution in [1.29, 1.82) is 0 Å². The van der Waals surface area contributed by atoms with Crippen molar-refractivity contribution in [3.63, 3.8) is 0 Å². The van der Waals surface area contributed by atoms with Crippen molar-refractivity contribution in [2.24, 2.45) is 0 Å². The van der Waals surface area contributed by atoms with Crippen molar-refractivity contribution >= 4 is 24.9 Å². The van der Waals surface area contributed by atoms with Gasteiger partial charge in [0.25, 0.3) is 5.91 Å². The zero-order valence-corrected chi connectivity index (χ0v) is 15.0. The predicted molar refractivity (Wildman–Crippen MR) is 103 cm³/mol. The van der Waals surface area contributed by atoms with Gasteiger partial charge in [0, 0.05) is 12.4 Å². The molecule has 0 saturated heterocycles. The van der Waals surface area contributed by atoms with E-state index in [9.17, 15) is 9.90 Å². The summed E-state index contributed by atoms with van der Waals surface area (Å²) in [6, 6.07) is 9.20. The summed E-state index contributed by atoms with van der Waals surface area (Å²) >= 11 is 0. The fourth-order valence-electron chi connectivity index (χ4n) is 3.76. The first kappa shape index (κ1) is 17.7. The molecule has 27 heavy (non-hydrogen) atoms. The molecule has 0 spiro atoms. The molecule has 1 aliphatic carbocycles. The summed E-state index contributed by atoms with van der Waals surface area (Å²) in [4.78, 5) is 16.9. The molecule has 0 aliphatic heterocycles. The van der Waals surface area contributed by atoms with Crippen molar-refractivity contribution in [1.82, 2.24) is 19.9 Å². The van der Waals surface area contributed by atoms with Gasteiger partial charge >= 0.3 is 0 Å². The van der Waals surface area contributed by atoms with E-state index in [-0.39, 0.29) is 11.9 Å². The summed E-state index contributed by atoms with van der Waals surface area (Å²) in [5.41, 5.74) is 3.83. The van der Waals surface area contributed by atoms with E-state index >= 15 is 0 Å². The molecule has 1 aliphatic rings. The highest BCUT2D eigenvalue weighted by Crippen LogP contribution is 2.21. The van der Waals surface area contributed by atoms with Crippen LogP contribution in [0.1, 0.15) is 47.3 Å². The summed E-state index contributed by atoms with van der Waals surface area (Å²) in [6.45, 7) is 0. The number of rotatable bonds is 4. The quantitative estimate of drug-likeness (QED) is 0.684. The molecule has 2 atom stereocenters. The van der Waals surface area contributed by atoms with E-state index in [1.54, 1.807) is 16.9 Å². The third-order valence-electron chi connectivity index (χ3n) is 5.14. The highest BCUT2D eigenvalue weighted by atomic mass is 16.3. The molecule has 3 aromatic heterocycles. The van der Waals surface area contributed by atoms with Gasteiger partial charge in [-0.2, -0.15) is 5.10 Å². The van der Waals surface area contributed by atoms with Gasteiger partial charge in [-0.1, -0.05) is 12.8 Å². The zero-order chi connectivity index (χ0) is 18.8. The van der Waals surface area contributed by atoms with Gasteiger partial charge in [0.15, 0.2) is 0 Å². The van der Waals surface area contributed by atoms with Gasteiger partial charge in [-0.15, -0.1) is 0 Å². The number of nitrogens with one attached hydrogen (secondary N) is 1. The van der Waals surface area contributed by atoms with Gasteiger partial charge in [0.1, 0.15) is 13.5 Å². The lowest BCUT2D eigenvalue weighted by Crippen LogP contribution is -2.45. The Morgan fingerprint density at radius 1 is 1.26 bits per heavy atom. The number of aliphatic hydroxyl groups excluding tert-OH is 1. The fourth-order valence-corrected chi connectivity index (χ4v) is 3.76. The molecule has 1 fully saturated rings. The topological polar surface area (TPSA) is 79.5 Å². The fraction of sp³-hybridized carbons (Fsp3) is 0.350. The number of nitrogens with zero attached hydrogens (tertiary/aromatic N) is 3. The number of aliphatic hydroxyl groups is 1. The molecular weight excluding hydrogens is 339 g/mol. The van der Waals surface area contributed by atoms with Crippen LogP contribution in [0.25, 0.3) is 5.52 Å². The second kappa shape index (κ2) is 7.52. The van der Waals surface area contributed by atoms with Crippen LogP contribution in [0, 0.1) is 0 Å². The summed E-state index contributed by atoms with van der Waals surface area (Å²) in [5.74, 6) is -0.213. The molecule has 1 amide bonds. The average molecular weight is 360 g/mol. The van der Waals surface area contributed by atoms with Crippen molar-refractivity contribution in [2.75, 3.05) is 0 Å². The minimum absolute atomic E-state index is 0.205. The molecule has 2 radical (unpaired) electrons. The van der Waals surface area contributed by atoms with Crippen LogP contribution in [-0.4, -0.2) is 45.6 Å². The molecule has 6 nitrogen and oxygen atoms in total. The molecule has 2 N–H and O–H groups in total. The maximum atomic E-state index is 12.9. The SMILES string of the molecule is [B]c1cc(Cc2cc(C(=O)N[C@H]3CCCC[C@@H]3O)n3ncccc23)ccn1. The molecule has 0 aromatic carbocycles. The van der Waals surface area contributed by atoms with E-state index in [0.29, 0.717) is 17.7 Å².